The van der Waals surface area contributed by atoms with Gasteiger partial charge in [0.05, 0.1) is 29.4 Å². The van der Waals surface area contributed by atoms with Crippen molar-refractivity contribution in [1.29, 1.82) is 0 Å². The Morgan fingerprint density at radius 3 is 3.26 bits per heavy atom. The van der Waals surface area contributed by atoms with E-state index in [1.807, 2.05) is 6.26 Å². The number of nitrogens with zero attached hydrogens (tertiary/aromatic N) is 1. The molecule has 0 aromatic carbocycles. The maximum atomic E-state index is 12.1. The molecule has 2 heterocycles. The van der Waals surface area contributed by atoms with Crippen molar-refractivity contribution >= 4 is 17.7 Å². The number of H-pyrrole nitrogens is 1. The molecule has 0 fully saturated rings. The summed E-state index contributed by atoms with van der Waals surface area (Å²) in [6.45, 7) is 2.61. The largest absolute Gasteiger partial charge is 0.387 e. The van der Waals surface area contributed by atoms with Crippen LogP contribution in [0.4, 0.5) is 0 Å². The Morgan fingerprint density at radius 2 is 2.53 bits per heavy atom. The van der Waals surface area contributed by atoms with Gasteiger partial charge in [-0.1, -0.05) is 0 Å². The molecule has 1 aromatic heterocycles. The van der Waals surface area contributed by atoms with Crippen molar-refractivity contribution in [3.8, 4) is 0 Å². The minimum Gasteiger partial charge on any atom is -0.387 e. The molecule has 1 aliphatic heterocycles. The van der Waals surface area contributed by atoms with Gasteiger partial charge in [0.1, 0.15) is 0 Å². The van der Waals surface area contributed by atoms with Crippen LogP contribution in [0.3, 0.4) is 0 Å². The summed E-state index contributed by atoms with van der Waals surface area (Å²) in [6.07, 6.45) is 4.16. The van der Waals surface area contributed by atoms with E-state index in [0.717, 1.165) is 11.4 Å². The average Bonchev–Trinajstić information content (AvgIpc) is 2.83. The van der Waals surface area contributed by atoms with Gasteiger partial charge in [-0.05, 0) is 13.2 Å². The highest BCUT2D eigenvalue weighted by Crippen LogP contribution is 2.13. The first kappa shape index (κ1) is 14.4. The van der Waals surface area contributed by atoms with E-state index in [0.29, 0.717) is 18.7 Å². The number of nitrogens with one attached hydrogen (secondary N) is 3. The number of carbonyl (C=O) groups excluding carboxylic acids is 1. The normalized spacial score (nSPS) is 21.5. The van der Waals surface area contributed by atoms with Crippen molar-refractivity contribution in [1.82, 2.24) is 20.6 Å². The number of carbonyl (C=O) groups is 1. The standard InChI is InChI=1S/C12H20N4O2S/c1-12(18,6-19-2)5-14-11(17)9-3-8-10(4-13-9)16-7-15-8/h7,9,13,18H,3-6H2,1-2H3,(H,14,17)(H,15,16). The van der Waals surface area contributed by atoms with Gasteiger partial charge in [-0.3, -0.25) is 10.1 Å². The number of aromatic amines is 1. The molecule has 1 aromatic rings. The first-order valence-electron chi connectivity index (χ1n) is 6.25. The van der Waals surface area contributed by atoms with Crippen LogP contribution in [0.5, 0.6) is 0 Å². The lowest BCUT2D eigenvalue weighted by molar-refractivity contribution is -0.124. The molecule has 0 bridgehead atoms. The Balaban J connectivity index is 1.85. The Kier molecular flexibility index (Phi) is 4.49. The summed E-state index contributed by atoms with van der Waals surface area (Å²) in [6, 6.07) is -0.277. The molecule has 0 radical (unpaired) electrons. The minimum absolute atomic E-state index is 0.0879. The zero-order chi connectivity index (χ0) is 13.9. The zero-order valence-corrected chi connectivity index (χ0v) is 12.0. The molecule has 2 rings (SSSR count). The monoisotopic (exact) mass is 284 g/mol. The first-order valence-corrected chi connectivity index (χ1v) is 7.65. The van der Waals surface area contributed by atoms with Gasteiger partial charge in [-0.2, -0.15) is 11.8 Å². The molecule has 1 amide bonds. The minimum atomic E-state index is -0.874. The quantitative estimate of drug-likeness (QED) is 0.594. The number of rotatable bonds is 5. The molecule has 7 heteroatoms. The van der Waals surface area contributed by atoms with E-state index in [2.05, 4.69) is 20.6 Å². The molecular formula is C12H20N4O2S. The van der Waals surface area contributed by atoms with E-state index in [1.54, 1.807) is 25.0 Å². The molecular weight excluding hydrogens is 264 g/mol. The van der Waals surface area contributed by atoms with Gasteiger partial charge in [-0.15, -0.1) is 0 Å². The number of aromatic nitrogens is 2. The molecule has 0 saturated heterocycles. The SMILES string of the molecule is CSCC(C)(O)CNC(=O)C1Cc2nc[nH]c2CN1. The Hall–Kier alpha value is -1.05. The Bertz CT molecular complexity index is 447. The molecule has 1 aliphatic rings. The van der Waals surface area contributed by atoms with E-state index in [4.69, 9.17) is 0 Å². The Labute approximate surface area is 116 Å². The average molecular weight is 284 g/mol. The van der Waals surface area contributed by atoms with Crippen molar-refractivity contribution in [3.05, 3.63) is 17.7 Å². The Morgan fingerprint density at radius 1 is 1.74 bits per heavy atom. The van der Waals surface area contributed by atoms with E-state index in [-0.39, 0.29) is 18.5 Å². The second-order valence-corrected chi connectivity index (χ2v) is 5.98. The van der Waals surface area contributed by atoms with Gasteiger partial charge in [0.25, 0.3) is 0 Å². The van der Waals surface area contributed by atoms with Crippen LogP contribution in [-0.4, -0.2) is 51.2 Å². The van der Waals surface area contributed by atoms with Crippen LogP contribution in [0.1, 0.15) is 18.3 Å². The molecule has 0 spiro atoms. The van der Waals surface area contributed by atoms with Crippen molar-refractivity contribution in [2.24, 2.45) is 0 Å². The summed E-state index contributed by atoms with van der Waals surface area (Å²) in [5.41, 5.74) is 1.11. The van der Waals surface area contributed by atoms with Gasteiger partial charge in [0.15, 0.2) is 0 Å². The van der Waals surface area contributed by atoms with Gasteiger partial charge >= 0.3 is 0 Å². The number of hydrogen-bond donors (Lipinski definition) is 4. The van der Waals surface area contributed by atoms with Crippen molar-refractivity contribution in [3.63, 3.8) is 0 Å². The lowest BCUT2D eigenvalue weighted by Gasteiger charge is -2.26. The third-order valence-corrected chi connectivity index (χ3v) is 4.06. The summed E-state index contributed by atoms with van der Waals surface area (Å²) in [5.74, 6) is 0.504. The maximum absolute atomic E-state index is 12.1. The predicted octanol–water partition coefficient (Wildman–Crippen LogP) is -0.346. The third kappa shape index (κ3) is 3.71. The molecule has 106 valence electrons. The number of hydrogen-bond acceptors (Lipinski definition) is 5. The highest BCUT2D eigenvalue weighted by molar-refractivity contribution is 7.98. The van der Waals surface area contributed by atoms with Crippen molar-refractivity contribution in [2.75, 3.05) is 18.6 Å². The van der Waals surface area contributed by atoms with Gasteiger partial charge in [0.2, 0.25) is 5.91 Å². The smallest absolute Gasteiger partial charge is 0.237 e. The summed E-state index contributed by atoms with van der Waals surface area (Å²) >= 11 is 1.56. The molecule has 6 nitrogen and oxygen atoms in total. The predicted molar refractivity (Wildman–Crippen MR) is 74.9 cm³/mol. The number of aliphatic hydroxyl groups is 1. The molecule has 2 atom stereocenters. The van der Waals surface area contributed by atoms with Gasteiger partial charge < -0.3 is 15.4 Å². The number of imidazole rings is 1. The lowest BCUT2D eigenvalue weighted by Crippen LogP contribution is -2.51. The fourth-order valence-corrected chi connectivity index (χ4v) is 2.84. The molecule has 2 unspecified atom stereocenters. The topological polar surface area (TPSA) is 90.0 Å². The van der Waals surface area contributed by atoms with E-state index >= 15 is 0 Å². The number of thioether (sulfide) groups is 1. The van der Waals surface area contributed by atoms with Crippen molar-refractivity contribution < 1.29 is 9.90 Å². The van der Waals surface area contributed by atoms with Crippen LogP contribution >= 0.6 is 11.8 Å². The van der Waals surface area contributed by atoms with Gasteiger partial charge in [-0.25, -0.2) is 4.98 Å². The van der Waals surface area contributed by atoms with Crippen LogP contribution in [0.25, 0.3) is 0 Å². The maximum Gasteiger partial charge on any atom is 0.237 e. The summed E-state index contributed by atoms with van der Waals surface area (Å²) in [5, 5.41) is 16.0. The highest BCUT2D eigenvalue weighted by Gasteiger charge is 2.27. The first-order chi connectivity index (χ1) is 9.02. The molecule has 0 aliphatic carbocycles. The fraction of sp³-hybridized carbons (Fsp3) is 0.667. The summed E-state index contributed by atoms with van der Waals surface area (Å²) < 4.78 is 0. The molecule has 19 heavy (non-hydrogen) atoms. The van der Waals surface area contributed by atoms with Crippen LogP contribution in [-0.2, 0) is 17.8 Å². The number of fused-ring (bicyclic) bond motifs is 1. The molecule has 4 N–H and O–H groups in total. The van der Waals surface area contributed by atoms with Gasteiger partial charge in [0, 0.05) is 25.3 Å². The molecule has 0 saturated carbocycles. The van der Waals surface area contributed by atoms with E-state index < -0.39 is 5.60 Å². The number of amides is 1. The highest BCUT2D eigenvalue weighted by atomic mass is 32.2. The van der Waals surface area contributed by atoms with Crippen LogP contribution in [0, 0.1) is 0 Å². The van der Waals surface area contributed by atoms with E-state index in [1.165, 1.54) is 0 Å². The second-order valence-electron chi connectivity index (χ2n) is 5.11. The summed E-state index contributed by atoms with van der Waals surface area (Å²) in [4.78, 5) is 19.3. The third-order valence-electron chi connectivity index (χ3n) is 3.15. The lowest BCUT2D eigenvalue weighted by atomic mass is 10.0. The zero-order valence-electron chi connectivity index (χ0n) is 11.2. The van der Waals surface area contributed by atoms with Crippen molar-refractivity contribution in [2.45, 2.75) is 31.5 Å². The fourth-order valence-electron chi connectivity index (χ4n) is 2.12. The van der Waals surface area contributed by atoms with Crippen LogP contribution in [0.2, 0.25) is 0 Å². The summed E-state index contributed by atoms with van der Waals surface area (Å²) in [7, 11) is 0. The van der Waals surface area contributed by atoms with Crippen LogP contribution < -0.4 is 10.6 Å². The second kappa shape index (κ2) is 5.94. The van der Waals surface area contributed by atoms with Crippen LogP contribution in [0.15, 0.2) is 6.33 Å². The van der Waals surface area contributed by atoms with E-state index in [9.17, 15) is 9.90 Å².